The highest BCUT2D eigenvalue weighted by atomic mass is 35.5. The van der Waals surface area contributed by atoms with Gasteiger partial charge in [0.1, 0.15) is 6.54 Å². The molecule has 2 aliphatic rings. The van der Waals surface area contributed by atoms with Crippen LogP contribution in [-0.2, 0) is 14.6 Å². The zero-order chi connectivity index (χ0) is 22.3. The molecule has 0 saturated carbocycles. The predicted molar refractivity (Wildman–Crippen MR) is 129 cm³/mol. The van der Waals surface area contributed by atoms with Gasteiger partial charge in [-0.2, -0.15) is 0 Å². The molecule has 0 aromatic heterocycles. The van der Waals surface area contributed by atoms with Gasteiger partial charge in [0.05, 0.1) is 17.5 Å². The maximum atomic E-state index is 13.0. The molecule has 0 aliphatic carbocycles. The molecule has 0 unspecified atom stereocenters. The highest BCUT2D eigenvalue weighted by Crippen LogP contribution is 2.37. The topological polar surface area (TPSA) is 78.8 Å². The van der Waals surface area contributed by atoms with E-state index in [1.807, 2.05) is 62.1 Å². The molecule has 1 amide bonds. The van der Waals surface area contributed by atoms with Crippen LogP contribution in [0, 0.1) is 20.8 Å². The number of carbonyl (C=O) groups excluding carboxylic acids is 1. The second-order valence-electron chi connectivity index (χ2n) is 8.05. The number of hydrogen-bond donors (Lipinski definition) is 1. The van der Waals surface area contributed by atoms with E-state index in [1.165, 1.54) is 11.8 Å². The monoisotopic (exact) mass is 477 g/mol. The Bertz CT molecular complexity index is 1160. The number of fused-ring (bicyclic) bond motifs is 1. The molecule has 0 spiro atoms. The number of nitrogens with one attached hydrogen (secondary N) is 1. The van der Waals surface area contributed by atoms with E-state index in [1.54, 1.807) is 0 Å². The summed E-state index contributed by atoms with van der Waals surface area (Å²) in [5.74, 6) is -0.000367. The third kappa shape index (κ3) is 4.76. The van der Waals surface area contributed by atoms with Crippen LogP contribution in [0.3, 0.4) is 0 Å². The zero-order valence-electron chi connectivity index (χ0n) is 17.6. The number of halogens is 1. The first-order valence-electron chi connectivity index (χ1n) is 9.97. The lowest BCUT2D eigenvalue weighted by Crippen LogP contribution is -2.37. The second-order valence-corrected chi connectivity index (χ2v) is 11.8. The Balaban J connectivity index is 1.62. The summed E-state index contributed by atoms with van der Waals surface area (Å²) in [6.07, 6.45) is 0. The van der Waals surface area contributed by atoms with Gasteiger partial charge in [-0.05, 0) is 49.6 Å². The van der Waals surface area contributed by atoms with Gasteiger partial charge in [-0.3, -0.25) is 9.79 Å². The van der Waals surface area contributed by atoms with Crippen molar-refractivity contribution in [2.75, 3.05) is 28.3 Å². The molecule has 1 fully saturated rings. The average Bonchev–Trinajstić information content (AvgIpc) is 3.18. The first-order chi connectivity index (χ1) is 14.6. The fraction of sp³-hybridized carbons (Fsp3) is 0.364. The van der Waals surface area contributed by atoms with Crippen molar-refractivity contribution in [3.63, 3.8) is 0 Å². The largest absolute Gasteiger partial charge is 0.324 e. The van der Waals surface area contributed by atoms with Crippen LogP contribution in [0.1, 0.15) is 16.7 Å². The summed E-state index contributed by atoms with van der Waals surface area (Å²) in [6.45, 7) is 5.88. The van der Waals surface area contributed by atoms with Crippen molar-refractivity contribution in [3.8, 4) is 0 Å². The third-order valence-corrected chi connectivity index (χ3v) is 9.21. The molecule has 2 atom stereocenters. The number of aryl methyl sites for hydroxylation is 3. The first-order valence-corrected chi connectivity index (χ1v) is 13.1. The molecule has 164 valence electrons. The number of sulfone groups is 1. The zero-order valence-corrected chi connectivity index (χ0v) is 19.9. The van der Waals surface area contributed by atoms with E-state index >= 15 is 0 Å². The Morgan fingerprint density at radius 1 is 1.16 bits per heavy atom. The van der Waals surface area contributed by atoms with Gasteiger partial charge in [-0.1, -0.05) is 47.6 Å². The Kier molecular flexibility index (Phi) is 6.07. The molecule has 2 aromatic rings. The number of carbonyl (C=O) groups is 1. The van der Waals surface area contributed by atoms with Crippen molar-refractivity contribution in [1.82, 2.24) is 0 Å². The lowest BCUT2D eigenvalue weighted by molar-refractivity contribution is -0.114. The summed E-state index contributed by atoms with van der Waals surface area (Å²) in [4.78, 5) is 19.5. The number of para-hydroxylation sites is 1. The van der Waals surface area contributed by atoms with Crippen LogP contribution in [-0.4, -0.2) is 48.8 Å². The Hall–Kier alpha value is -2.03. The van der Waals surface area contributed by atoms with Gasteiger partial charge in [0.15, 0.2) is 15.0 Å². The highest BCUT2D eigenvalue weighted by Gasteiger charge is 2.44. The van der Waals surface area contributed by atoms with Crippen LogP contribution in [0.5, 0.6) is 0 Å². The minimum atomic E-state index is -3.05. The van der Waals surface area contributed by atoms with Crippen molar-refractivity contribution < 1.29 is 13.2 Å². The van der Waals surface area contributed by atoms with E-state index in [2.05, 4.69) is 10.3 Å². The van der Waals surface area contributed by atoms with E-state index in [4.69, 9.17) is 11.6 Å². The number of hydrogen-bond acceptors (Lipinski definition) is 6. The minimum absolute atomic E-state index is 0.0468. The molecule has 2 aromatic carbocycles. The number of nitrogens with zero attached hydrogens (tertiary/aromatic N) is 2. The summed E-state index contributed by atoms with van der Waals surface area (Å²) in [6, 6.07) is 11.2. The van der Waals surface area contributed by atoms with Crippen LogP contribution in [0.2, 0.25) is 5.02 Å². The quantitative estimate of drug-likeness (QED) is 0.720. The number of rotatable bonds is 4. The number of aliphatic imine (C=N–C) groups is 1. The molecule has 4 rings (SSSR count). The Morgan fingerprint density at radius 2 is 1.87 bits per heavy atom. The summed E-state index contributed by atoms with van der Waals surface area (Å²) < 4.78 is 23.9. The SMILES string of the molecule is Cc1ccc(N(CC(=O)Nc2c(C)cccc2C)C2=N[C@H]3CS(=O)(=O)C[C@@H]3S2)cc1Cl. The fourth-order valence-electron chi connectivity index (χ4n) is 3.82. The number of thioether (sulfide) groups is 1. The summed E-state index contributed by atoms with van der Waals surface area (Å²) in [5.41, 5.74) is 4.48. The minimum Gasteiger partial charge on any atom is -0.324 e. The molecule has 2 heterocycles. The Morgan fingerprint density at radius 3 is 2.52 bits per heavy atom. The van der Waals surface area contributed by atoms with Crippen molar-refractivity contribution in [2.24, 2.45) is 4.99 Å². The van der Waals surface area contributed by atoms with Crippen molar-refractivity contribution in [3.05, 3.63) is 58.1 Å². The third-order valence-electron chi connectivity index (χ3n) is 5.55. The lowest BCUT2D eigenvalue weighted by atomic mass is 10.1. The fourth-order valence-corrected chi connectivity index (χ4v) is 7.78. The molecular formula is C22H24ClN3O3S2. The molecule has 2 aliphatic heterocycles. The van der Waals surface area contributed by atoms with Gasteiger partial charge in [0.2, 0.25) is 5.91 Å². The smallest absolute Gasteiger partial charge is 0.244 e. The van der Waals surface area contributed by atoms with Gasteiger partial charge in [-0.15, -0.1) is 0 Å². The summed E-state index contributed by atoms with van der Waals surface area (Å²) in [5, 5.41) is 4.17. The van der Waals surface area contributed by atoms with Crippen molar-refractivity contribution in [2.45, 2.75) is 32.1 Å². The molecule has 9 heteroatoms. The number of anilines is 2. The number of amidine groups is 1. The lowest BCUT2D eigenvalue weighted by Gasteiger charge is -2.25. The van der Waals surface area contributed by atoms with Gasteiger partial charge in [-0.25, -0.2) is 8.42 Å². The standard InChI is InChI=1S/C22H24ClN3O3S2/c1-13-7-8-16(9-17(13)23)26(22-24-18-11-31(28,29)12-19(18)30-22)10-20(27)25-21-14(2)5-4-6-15(21)3/h4-9,18-19H,10-12H2,1-3H3,(H,25,27)/t18-,19-/m0/s1. The normalized spacial score (nSPS) is 21.5. The van der Waals surface area contributed by atoms with Crippen LogP contribution >= 0.6 is 23.4 Å². The van der Waals surface area contributed by atoms with Crippen LogP contribution in [0.15, 0.2) is 41.4 Å². The molecule has 0 radical (unpaired) electrons. The molecule has 0 bridgehead atoms. The van der Waals surface area contributed by atoms with Gasteiger partial charge < -0.3 is 10.2 Å². The highest BCUT2D eigenvalue weighted by molar-refractivity contribution is 8.15. The Labute approximate surface area is 192 Å². The van der Waals surface area contributed by atoms with Gasteiger partial charge in [0.25, 0.3) is 0 Å². The van der Waals surface area contributed by atoms with E-state index < -0.39 is 9.84 Å². The molecular weight excluding hydrogens is 454 g/mol. The van der Waals surface area contributed by atoms with E-state index in [0.717, 1.165) is 28.1 Å². The van der Waals surface area contributed by atoms with E-state index in [-0.39, 0.29) is 35.2 Å². The maximum absolute atomic E-state index is 13.0. The maximum Gasteiger partial charge on any atom is 0.244 e. The second kappa shape index (κ2) is 8.48. The first kappa shape index (κ1) is 22.2. The van der Waals surface area contributed by atoms with Gasteiger partial charge in [0, 0.05) is 21.6 Å². The number of amides is 1. The molecule has 31 heavy (non-hydrogen) atoms. The molecule has 6 nitrogen and oxygen atoms in total. The van der Waals surface area contributed by atoms with E-state index in [0.29, 0.717) is 10.2 Å². The predicted octanol–water partition coefficient (Wildman–Crippen LogP) is 3.98. The summed E-state index contributed by atoms with van der Waals surface area (Å²) in [7, 11) is -3.05. The average molecular weight is 478 g/mol. The van der Waals surface area contributed by atoms with Crippen LogP contribution < -0.4 is 10.2 Å². The van der Waals surface area contributed by atoms with Gasteiger partial charge >= 0.3 is 0 Å². The van der Waals surface area contributed by atoms with Crippen LogP contribution in [0.4, 0.5) is 11.4 Å². The van der Waals surface area contributed by atoms with Crippen molar-refractivity contribution in [1.29, 1.82) is 0 Å². The van der Waals surface area contributed by atoms with Crippen LogP contribution in [0.25, 0.3) is 0 Å². The summed E-state index contributed by atoms with van der Waals surface area (Å²) >= 11 is 7.78. The van der Waals surface area contributed by atoms with Crippen molar-refractivity contribution >= 4 is 55.6 Å². The molecule has 1 saturated heterocycles. The number of benzene rings is 2. The van der Waals surface area contributed by atoms with E-state index in [9.17, 15) is 13.2 Å². The molecule has 1 N–H and O–H groups in total.